The Morgan fingerprint density at radius 3 is 1.21 bits per heavy atom. The van der Waals surface area contributed by atoms with Crippen molar-refractivity contribution >= 4 is 41.4 Å². The summed E-state index contributed by atoms with van der Waals surface area (Å²) in [6.45, 7) is 4.89. The van der Waals surface area contributed by atoms with Crippen molar-refractivity contribution in [3.8, 4) is 0 Å². The summed E-state index contributed by atoms with van der Waals surface area (Å²) in [5, 5.41) is 44.3. The largest absolute Gasteiger partial charge is 0.481 e. The number of hydrogen-bond acceptors (Lipinski definition) is 13. The summed E-state index contributed by atoms with van der Waals surface area (Å²) in [5.41, 5.74) is 0. The SMILES string of the molecule is CCCCNC(=O)CCCNC(=O)COCCOCCNC(=O)COCCOCCNC(=O)CC[C@H](NC(=O)CCCNC(=O)CCCCCCCCCCCCCCCCC(=O)O)C(O)O. The Morgan fingerprint density at radius 1 is 0.388 bits per heavy atom. The summed E-state index contributed by atoms with van der Waals surface area (Å²) < 4.78 is 21.3. The Bertz CT molecular complexity index is 1290. The molecular weight excluding hydrogens is 873 g/mol. The van der Waals surface area contributed by atoms with Crippen LogP contribution >= 0.6 is 0 Å². The van der Waals surface area contributed by atoms with Crippen molar-refractivity contribution in [1.29, 1.82) is 0 Å². The van der Waals surface area contributed by atoms with E-state index in [9.17, 15) is 43.8 Å². The highest BCUT2D eigenvalue weighted by Crippen LogP contribution is 2.14. The molecule has 0 aromatic rings. The van der Waals surface area contributed by atoms with Crippen LogP contribution < -0.4 is 31.9 Å². The van der Waals surface area contributed by atoms with Crippen LogP contribution in [0.5, 0.6) is 0 Å². The second-order valence-corrected chi connectivity index (χ2v) is 16.6. The maximum absolute atomic E-state index is 12.4. The summed E-state index contributed by atoms with van der Waals surface area (Å²) in [5.74, 6) is -2.14. The minimum atomic E-state index is -1.85. The van der Waals surface area contributed by atoms with E-state index in [0.717, 1.165) is 51.4 Å². The molecule has 20 nitrogen and oxygen atoms in total. The van der Waals surface area contributed by atoms with Gasteiger partial charge in [-0.05, 0) is 38.5 Å². The fourth-order valence-electron chi connectivity index (χ4n) is 6.56. The van der Waals surface area contributed by atoms with Crippen molar-refractivity contribution < 1.29 is 67.8 Å². The molecule has 0 aliphatic carbocycles. The van der Waals surface area contributed by atoms with Crippen molar-refractivity contribution in [1.82, 2.24) is 31.9 Å². The van der Waals surface area contributed by atoms with E-state index >= 15 is 0 Å². The Kier molecular flexibility index (Phi) is 44.4. The molecule has 390 valence electrons. The van der Waals surface area contributed by atoms with Crippen molar-refractivity contribution in [3.63, 3.8) is 0 Å². The molecule has 0 fully saturated rings. The van der Waals surface area contributed by atoms with Crippen molar-refractivity contribution in [2.75, 3.05) is 85.6 Å². The molecule has 0 aromatic heterocycles. The van der Waals surface area contributed by atoms with Crippen LogP contribution in [0.25, 0.3) is 0 Å². The van der Waals surface area contributed by atoms with E-state index in [1.807, 2.05) is 0 Å². The zero-order valence-corrected chi connectivity index (χ0v) is 40.7. The van der Waals surface area contributed by atoms with Crippen LogP contribution in [-0.4, -0.2) is 155 Å². The van der Waals surface area contributed by atoms with E-state index < -0.39 is 24.2 Å². The minimum Gasteiger partial charge on any atom is -0.481 e. The third-order valence-electron chi connectivity index (χ3n) is 10.4. The standard InChI is InChI=1S/C47H88N6O14/c1-2-3-26-48-41(55)21-18-28-50-44(58)37-66-35-34-65-32-30-52-45(59)38-67-36-33-64-31-29-51-42(56)25-24-39(47(62)63)53-43(57)22-19-27-49-40(54)20-16-14-12-10-8-6-4-5-7-9-11-13-15-17-23-46(60)61/h39,47,62-63H,2-38H2,1H3,(H,48,55)(H,49,54)(H,50,58)(H,51,56)(H,52,59)(H,53,57)(H,60,61)/t39-/m0/s1. The number of hydrogen-bond donors (Lipinski definition) is 9. The molecule has 0 aromatic carbocycles. The lowest BCUT2D eigenvalue weighted by molar-refractivity contribution is -0.137. The molecule has 0 spiro atoms. The number of unbranched alkanes of at least 4 members (excludes halogenated alkanes) is 14. The number of nitrogens with one attached hydrogen (secondary N) is 6. The number of carbonyl (C=O) groups excluding carboxylic acids is 6. The summed E-state index contributed by atoms with van der Waals surface area (Å²) in [6.07, 6.45) is 17.8. The highest BCUT2D eigenvalue weighted by molar-refractivity contribution is 5.79. The maximum atomic E-state index is 12.4. The first-order chi connectivity index (χ1) is 32.4. The van der Waals surface area contributed by atoms with Crippen LogP contribution in [0.3, 0.4) is 0 Å². The van der Waals surface area contributed by atoms with Gasteiger partial charge in [0.15, 0.2) is 6.29 Å². The molecule has 0 aliphatic heterocycles. The highest BCUT2D eigenvalue weighted by Gasteiger charge is 2.20. The predicted octanol–water partition coefficient (Wildman–Crippen LogP) is 2.90. The first-order valence-corrected chi connectivity index (χ1v) is 25.0. The zero-order chi connectivity index (χ0) is 49.4. The van der Waals surface area contributed by atoms with Crippen LogP contribution in [-0.2, 0) is 52.5 Å². The molecule has 0 radical (unpaired) electrons. The Balaban J connectivity index is 3.68. The van der Waals surface area contributed by atoms with Gasteiger partial charge < -0.3 is 66.2 Å². The van der Waals surface area contributed by atoms with Crippen LogP contribution in [0.4, 0.5) is 0 Å². The third kappa shape index (κ3) is 46.9. The fourth-order valence-corrected chi connectivity index (χ4v) is 6.56. The summed E-state index contributed by atoms with van der Waals surface area (Å²) in [4.78, 5) is 82.7. The van der Waals surface area contributed by atoms with E-state index in [2.05, 4.69) is 38.8 Å². The summed E-state index contributed by atoms with van der Waals surface area (Å²) >= 11 is 0. The monoisotopic (exact) mass is 961 g/mol. The van der Waals surface area contributed by atoms with Gasteiger partial charge in [0.05, 0.1) is 45.7 Å². The van der Waals surface area contributed by atoms with E-state index in [1.54, 1.807) is 0 Å². The van der Waals surface area contributed by atoms with E-state index in [0.29, 0.717) is 45.3 Å². The lowest BCUT2D eigenvalue weighted by atomic mass is 10.0. The van der Waals surface area contributed by atoms with E-state index in [4.69, 9.17) is 24.1 Å². The number of carboxylic acids is 1. The Labute approximate surface area is 399 Å². The molecule has 6 amide bonds. The van der Waals surface area contributed by atoms with Crippen LogP contribution in [0.2, 0.25) is 0 Å². The van der Waals surface area contributed by atoms with Crippen LogP contribution in [0.15, 0.2) is 0 Å². The number of aliphatic carboxylic acids is 1. The van der Waals surface area contributed by atoms with Crippen LogP contribution in [0.1, 0.15) is 161 Å². The number of aliphatic hydroxyl groups is 2. The zero-order valence-electron chi connectivity index (χ0n) is 40.7. The fraction of sp³-hybridized carbons (Fsp3) is 0.851. The topological polar surface area (TPSA) is 289 Å². The predicted molar refractivity (Wildman–Crippen MR) is 253 cm³/mol. The van der Waals surface area contributed by atoms with Crippen molar-refractivity contribution in [2.45, 2.75) is 173 Å². The third-order valence-corrected chi connectivity index (χ3v) is 10.4. The Morgan fingerprint density at radius 2 is 0.746 bits per heavy atom. The van der Waals surface area contributed by atoms with E-state index in [1.165, 1.54) is 51.4 Å². The van der Waals surface area contributed by atoms with Gasteiger partial charge in [-0.25, -0.2) is 0 Å². The van der Waals surface area contributed by atoms with Gasteiger partial charge in [-0.15, -0.1) is 0 Å². The Hall–Kier alpha value is -3.95. The number of carboxylic acid groups (broad SMARTS) is 1. The van der Waals surface area contributed by atoms with Gasteiger partial charge in [0, 0.05) is 64.8 Å². The lowest BCUT2D eigenvalue weighted by Gasteiger charge is -2.20. The van der Waals surface area contributed by atoms with E-state index in [-0.39, 0.29) is 121 Å². The molecule has 20 heteroatoms. The molecule has 0 bridgehead atoms. The number of carbonyl (C=O) groups is 7. The molecule has 0 saturated carbocycles. The molecular formula is C47H88N6O14. The van der Waals surface area contributed by atoms with Crippen molar-refractivity contribution in [3.05, 3.63) is 0 Å². The average Bonchev–Trinajstić information content (AvgIpc) is 3.29. The molecule has 0 rings (SSSR count). The quantitative estimate of drug-likeness (QED) is 0.0313. The van der Waals surface area contributed by atoms with Gasteiger partial charge in [0.2, 0.25) is 35.4 Å². The molecule has 67 heavy (non-hydrogen) atoms. The average molecular weight is 961 g/mol. The summed E-state index contributed by atoms with van der Waals surface area (Å²) in [6, 6.07) is -1.03. The maximum Gasteiger partial charge on any atom is 0.303 e. The van der Waals surface area contributed by atoms with Gasteiger partial charge in [-0.1, -0.05) is 90.4 Å². The smallest absolute Gasteiger partial charge is 0.303 e. The molecule has 9 N–H and O–H groups in total. The van der Waals surface area contributed by atoms with Gasteiger partial charge >= 0.3 is 5.97 Å². The second kappa shape index (κ2) is 47.1. The molecule has 0 heterocycles. The van der Waals surface area contributed by atoms with Gasteiger partial charge in [0.25, 0.3) is 0 Å². The normalized spacial score (nSPS) is 11.5. The lowest BCUT2D eigenvalue weighted by Crippen LogP contribution is -2.44. The number of aliphatic hydroxyl groups excluding tert-OH is 1. The van der Waals surface area contributed by atoms with Gasteiger partial charge in [-0.3, -0.25) is 33.6 Å². The molecule has 0 saturated heterocycles. The minimum absolute atomic E-state index is 0.00746. The number of rotatable bonds is 49. The highest BCUT2D eigenvalue weighted by atomic mass is 16.5. The van der Waals surface area contributed by atoms with Crippen LogP contribution in [0, 0.1) is 0 Å². The first kappa shape index (κ1) is 63.0. The van der Waals surface area contributed by atoms with Gasteiger partial charge in [-0.2, -0.15) is 0 Å². The van der Waals surface area contributed by atoms with Gasteiger partial charge in [0.1, 0.15) is 13.2 Å². The number of amides is 6. The number of ether oxygens (including phenoxy) is 4. The second-order valence-electron chi connectivity index (χ2n) is 16.6. The summed E-state index contributed by atoms with van der Waals surface area (Å²) in [7, 11) is 0. The molecule has 0 aliphatic rings. The first-order valence-electron chi connectivity index (χ1n) is 25.0. The molecule has 0 unspecified atom stereocenters. The molecule has 1 atom stereocenters. The van der Waals surface area contributed by atoms with Crippen molar-refractivity contribution in [2.24, 2.45) is 0 Å².